The van der Waals surface area contributed by atoms with Crippen molar-refractivity contribution in [1.29, 1.82) is 0 Å². The fourth-order valence-electron chi connectivity index (χ4n) is 2.71. The van der Waals surface area contributed by atoms with Gasteiger partial charge in [0, 0.05) is 10.4 Å². The third kappa shape index (κ3) is 2.34. The lowest BCUT2D eigenvalue weighted by Gasteiger charge is -2.24. The van der Waals surface area contributed by atoms with E-state index < -0.39 is 0 Å². The van der Waals surface area contributed by atoms with Gasteiger partial charge in [-0.1, -0.05) is 29.8 Å². The van der Waals surface area contributed by atoms with Crippen LogP contribution in [0.2, 0.25) is 5.02 Å². The van der Waals surface area contributed by atoms with E-state index in [-0.39, 0.29) is 6.04 Å². The summed E-state index contributed by atoms with van der Waals surface area (Å²) in [6.45, 7) is 2.85. The molecule has 2 heterocycles. The summed E-state index contributed by atoms with van der Waals surface area (Å²) in [6.07, 6.45) is 2.19. The van der Waals surface area contributed by atoms with E-state index in [1.54, 1.807) is 11.3 Å². The lowest BCUT2D eigenvalue weighted by Crippen LogP contribution is -2.20. The maximum atomic E-state index is 6.44. The molecule has 4 heteroatoms. The number of fused-ring (bicyclic) bond motifs is 1. The van der Waals surface area contributed by atoms with Crippen LogP contribution in [0.4, 0.5) is 0 Å². The highest BCUT2D eigenvalue weighted by Crippen LogP contribution is 2.40. The molecule has 3 rings (SSSR count). The van der Waals surface area contributed by atoms with E-state index in [4.69, 9.17) is 16.3 Å². The van der Waals surface area contributed by atoms with Gasteiger partial charge in [0.1, 0.15) is 5.75 Å². The van der Waals surface area contributed by atoms with E-state index in [0.29, 0.717) is 0 Å². The minimum atomic E-state index is 0.0919. The van der Waals surface area contributed by atoms with Crippen LogP contribution in [-0.2, 0) is 6.42 Å². The third-order valence-electron chi connectivity index (χ3n) is 3.75. The topological polar surface area (TPSA) is 21.3 Å². The molecule has 0 saturated heterocycles. The zero-order valence-corrected chi connectivity index (χ0v) is 13.3. The van der Waals surface area contributed by atoms with Gasteiger partial charge < -0.3 is 10.1 Å². The third-order valence-corrected chi connectivity index (χ3v) is 5.53. The van der Waals surface area contributed by atoms with Gasteiger partial charge in [-0.3, -0.25) is 0 Å². The fraction of sp³-hybridized carbons (Fsp3) is 0.375. The molecule has 1 N–H and O–H groups in total. The molecule has 1 aliphatic rings. The maximum Gasteiger partial charge on any atom is 0.127 e. The molecule has 1 aliphatic heterocycles. The second-order valence-electron chi connectivity index (χ2n) is 5.11. The summed E-state index contributed by atoms with van der Waals surface area (Å²) in [5.41, 5.74) is 3.63. The SMILES string of the molecule is CNC(c1cccc2c1OCCC2)c1scc(C)c1Cl. The van der Waals surface area contributed by atoms with Crippen molar-refractivity contribution in [1.82, 2.24) is 5.32 Å². The number of aryl methyl sites for hydroxylation is 2. The molecular formula is C16H18ClNOS. The first-order valence-electron chi connectivity index (χ1n) is 6.87. The fourth-order valence-corrected chi connectivity index (χ4v) is 4.14. The highest BCUT2D eigenvalue weighted by Gasteiger charge is 2.24. The second kappa shape index (κ2) is 5.76. The van der Waals surface area contributed by atoms with Crippen molar-refractivity contribution in [2.24, 2.45) is 0 Å². The number of para-hydroxylation sites is 1. The summed E-state index contributed by atoms with van der Waals surface area (Å²) in [6, 6.07) is 6.50. The van der Waals surface area contributed by atoms with Crippen molar-refractivity contribution in [3.05, 3.63) is 50.2 Å². The van der Waals surface area contributed by atoms with Crippen LogP contribution >= 0.6 is 22.9 Å². The lowest BCUT2D eigenvalue weighted by atomic mass is 9.97. The van der Waals surface area contributed by atoms with Crippen LogP contribution in [0.5, 0.6) is 5.75 Å². The zero-order chi connectivity index (χ0) is 14.1. The molecule has 0 radical (unpaired) electrons. The highest BCUT2D eigenvalue weighted by molar-refractivity contribution is 7.10. The summed E-state index contributed by atoms with van der Waals surface area (Å²) in [4.78, 5) is 1.16. The Kier molecular flexibility index (Phi) is 4.01. The molecule has 106 valence electrons. The molecular weight excluding hydrogens is 290 g/mol. The van der Waals surface area contributed by atoms with Gasteiger partial charge in [0.2, 0.25) is 0 Å². The Morgan fingerprint density at radius 1 is 1.40 bits per heavy atom. The van der Waals surface area contributed by atoms with Crippen molar-refractivity contribution in [3.63, 3.8) is 0 Å². The van der Waals surface area contributed by atoms with E-state index >= 15 is 0 Å². The van der Waals surface area contributed by atoms with E-state index in [9.17, 15) is 0 Å². The molecule has 1 unspecified atom stereocenters. The molecule has 0 saturated carbocycles. The van der Waals surface area contributed by atoms with Crippen molar-refractivity contribution in [3.8, 4) is 5.75 Å². The molecule has 2 nitrogen and oxygen atoms in total. The Bertz CT molecular complexity index is 623. The number of ether oxygens (including phenoxy) is 1. The Labute approximate surface area is 128 Å². The quantitative estimate of drug-likeness (QED) is 0.910. The molecule has 0 spiro atoms. The summed E-state index contributed by atoms with van der Waals surface area (Å²) in [5, 5.41) is 6.36. The molecule has 20 heavy (non-hydrogen) atoms. The van der Waals surface area contributed by atoms with Crippen molar-refractivity contribution < 1.29 is 4.74 Å². The zero-order valence-electron chi connectivity index (χ0n) is 11.7. The monoisotopic (exact) mass is 307 g/mol. The molecule has 0 bridgehead atoms. The van der Waals surface area contributed by atoms with E-state index in [1.165, 1.54) is 11.1 Å². The van der Waals surface area contributed by atoms with Crippen LogP contribution in [0.15, 0.2) is 23.6 Å². The molecule has 0 amide bonds. The molecule has 2 aromatic rings. The molecule has 1 aromatic carbocycles. The number of rotatable bonds is 3. The van der Waals surface area contributed by atoms with Crippen LogP contribution in [0.25, 0.3) is 0 Å². The Morgan fingerprint density at radius 2 is 2.25 bits per heavy atom. The van der Waals surface area contributed by atoms with Gasteiger partial charge in [-0.15, -0.1) is 11.3 Å². The van der Waals surface area contributed by atoms with Crippen molar-refractivity contribution in [2.45, 2.75) is 25.8 Å². The Balaban J connectivity index is 2.08. The van der Waals surface area contributed by atoms with Crippen LogP contribution in [-0.4, -0.2) is 13.7 Å². The first-order valence-corrected chi connectivity index (χ1v) is 8.13. The van der Waals surface area contributed by atoms with Crippen LogP contribution in [0.1, 0.15) is 34.0 Å². The normalized spacial score (nSPS) is 15.6. The van der Waals surface area contributed by atoms with E-state index in [1.807, 2.05) is 14.0 Å². The number of thiophene rings is 1. The van der Waals surface area contributed by atoms with Gasteiger partial charge in [-0.25, -0.2) is 0 Å². The second-order valence-corrected chi connectivity index (χ2v) is 6.40. The largest absolute Gasteiger partial charge is 0.493 e. The van der Waals surface area contributed by atoms with Gasteiger partial charge >= 0.3 is 0 Å². The predicted molar refractivity (Wildman–Crippen MR) is 85.2 cm³/mol. The van der Waals surface area contributed by atoms with Crippen molar-refractivity contribution in [2.75, 3.05) is 13.7 Å². The predicted octanol–water partition coefficient (Wildman–Crippen LogP) is 4.34. The smallest absolute Gasteiger partial charge is 0.127 e. The average molecular weight is 308 g/mol. The van der Waals surface area contributed by atoms with Gasteiger partial charge in [-0.05, 0) is 43.3 Å². The summed E-state index contributed by atoms with van der Waals surface area (Å²) in [7, 11) is 1.97. The lowest BCUT2D eigenvalue weighted by molar-refractivity contribution is 0.283. The number of hydrogen-bond donors (Lipinski definition) is 1. The number of hydrogen-bond acceptors (Lipinski definition) is 3. The van der Waals surface area contributed by atoms with Crippen LogP contribution in [0.3, 0.4) is 0 Å². The molecule has 0 aliphatic carbocycles. The van der Waals surface area contributed by atoms with E-state index in [2.05, 4.69) is 28.9 Å². The minimum Gasteiger partial charge on any atom is -0.493 e. The maximum absolute atomic E-state index is 6.44. The van der Waals surface area contributed by atoms with Crippen LogP contribution < -0.4 is 10.1 Å². The first kappa shape index (κ1) is 13.9. The van der Waals surface area contributed by atoms with Gasteiger partial charge in [-0.2, -0.15) is 0 Å². The Morgan fingerprint density at radius 3 is 2.95 bits per heavy atom. The number of nitrogens with one attached hydrogen (secondary N) is 1. The summed E-state index contributed by atoms with van der Waals surface area (Å²) >= 11 is 8.15. The average Bonchev–Trinajstić information content (AvgIpc) is 2.81. The minimum absolute atomic E-state index is 0.0919. The summed E-state index contributed by atoms with van der Waals surface area (Å²) < 4.78 is 5.93. The molecule has 1 atom stereocenters. The highest BCUT2D eigenvalue weighted by atomic mass is 35.5. The number of benzene rings is 1. The molecule has 0 fully saturated rings. The van der Waals surface area contributed by atoms with E-state index in [0.717, 1.165) is 40.7 Å². The number of halogens is 1. The first-order chi connectivity index (χ1) is 9.72. The summed E-state index contributed by atoms with van der Waals surface area (Å²) in [5.74, 6) is 1.04. The van der Waals surface area contributed by atoms with Gasteiger partial charge in [0.25, 0.3) is 0 Å². The molecule has 1 aromatic heterocycles. The van der Waals surface area contributed by atoms with Gasteiger partial charge in [0.15, 0.2) is 0 Å². The Hall–Kier alpha value is -1.03. The standard InChI is InChI=1S/C16H18ClNOS/c1-10-9-20-16(13(10)17)14(18-2)12-7-3-5-11-6-4-8-19-15(11)12/h3,5,7,9,14,18H,4,6,8H2,1-2H3. The van der Waals surface area contributed by atoms with Crippen molar-refractivity contribution >= 4 is 22.9 Å². The van der Waals surface area contributed by atoms with Gasteiger partial charge in [0.05, 0.1) is 17.7 Å². The van der Waals surface area contributed by atoms with Crippen LogP contribution in [0, 0.1) is 6.92 Å².